The molecule has 1 rings (SSSR count). The molecule has 0 aliphatic carbocycles. The SMILES string of the molecule is COC(=O)C(N)CCC(=O)N(C)CCc1ccccc1Cl. The summed E-state index contributed by atoms with van der Waals surface area (Å²) in [7, 11) is 3.00. The van der Waals surface area contributed by atoms with Crippen molar-refractivity contribution in [2.24, 2.45) is 5.73 Å². The zero-order chi connectivity index (χ0) is 15.8. The summed E-state index contributed by atoms with van der Waals surface area (Å²) in [5.74, 6) is -0.553. The topological polar surface area (TPSA) is 72.6 Å². The number of carbonyl (C=O) groups excluding carboxylic acids is 2. The number of hydrogen-bond acceptors (Lipinski definition) is 4. The number of nitrogens with zero attached hydrogens (tertiary/aromatic N) is 1. The Bertz CT molecular complexity index is 494. The number of nitrogens with two attached hydrogens (primary N) is 1. The Balaban J connectivity index is 2.38. The van der Waals surface area contributed by atoms with Gasteiger partial charge in [0.2, 0.25) is 5.91 Å². The molecule has 0 bridgehead atoms. The number of carbonyl (C=O) groups is 2. The Morgan fingerprint density at radius 1 is 1.38 bits per heavy atom. The van der Waals surface area contributed by atoms with E-state index in [1.54, 1.807) is 11.9 Å². The molecule has 2 N–H and O–H groups in total. The lowest BCUT2D eigenvalue weighted by atomic mass is 10.1. The van der Waals surface area contributed by atoms with E-state index in [4.69, 9.17) is 17.3 Å². The third-order valence-corrected chi connectivity index (χ3v) is 3.64. The summed E-state index contributed by atoms with van der Waals surface area (Å²) in [6.07, 6.45) is 1.18. The molecule has 0 spiro atoms. The summed E-state index contributed by atoms with van der Waals surface area (Å²) in [5.41, 5.74) is 6.60. The fraction of sp³-hybridized carbons (Fsp3) is 0.467. The van der Waals surface area contributed by atoms with Gasteiger partial charge in [0.1, 0.15) is 6.04 Å². The summed E-state index contributed by atoms with van der Waals surface area (Å²) < 4.78 is 4.52. The molecule has 21 heavy (non-hydrogen) atoms. The van der Waals surface area contributed by atoms with Crippen LogP contribution in [0.3, 0.4) is 0 Å². The molecule has 1 aromatic rings. The second-order valence-corrected chi connectivity index (χ2v) is 5.23. The minimum Gasteiger partial charge on any atom is -0.468 e. The molecule has 1 aromatic carbocycles. The number of rotatable bonds is 7. The van der Waals surface area contributed by atoms with Crippen molar-refractivity contribution < 1.29 is 14.3 Å². The summed E-state index contributed by atoms with van der Waals surface area (Å²) >= 11 is 6.07. The summed E-state index contributed by atoms with van der Waals surface area (Å²) in [5, 5.41) is 0.700. The first-order valence-electron chi connectivity index (χ1n) is 6.76. The molecule has 0 radical (unpaired) electrons. The minimum atomic E-state index is -0.754. The van der Waals surface area contributed by atoms with Crippen molar-refractivity contribution in [1.29, 1.82) is 0 Å². The normalized spacial score (nSPS) is 11.8. The molecule has 0 saturated heterocycles. The molecular formula is C15H21ClN2O3. The molecule has 0 aromatic heterocycles. The van der Waals surface area contributed by atoms with Crippen LogP contribution in [-0.2, 0) is 20.7 Å². The predicted octanol–water partition coefficient (Wildman–Crippen LogP) is 1.62. The van der Waals surface area contributed by atoms with Crippen LogP contribution in [-0.4, -0.2) is 43.5 Å². The van der Waals surface area contributed by atoms with E-state index >= 15 is 0 Å². The van der Waals surface area contributed by atoms with Crippen molar-refractivity contribution in [1.82, 2.24) is 4.90 Å². The second kappa shape index (κ2) is 8.64. The molecule has 0 aliphatic rings. The van der Waals surface area contributed by atoms with E-state index in [9.17, 15) is 9.59 Å². The van der Waals surface area contributed by atoms with Gasteiger partial charge < -0.3 is 15.4 Å². The highest BCUT2D eigenvalue weighted by Crippen LogP contribution is 2.15. The summed E-state index contributed by atoms with van der Waals surface area (Å²) in [6, 6.07) is 6.80. The standard InChI is InChI=1S/C15H21ClN2O3/c1-18(10-9-11-5-3-4-6-12(11)16)14(19)8-7-13(17)15(20)21-2/h3-6,13H,7-10,17H2,1-2H3. The number of methoxy groups -OCH3 is 1. The lowest BCUT2D eigenvalue weighted by Crippen LogP contribution is -2.35. The van der Waals surface area contributed by atoms with Gasteiger partial charge in [-0.1, -0.05) is 29.8 Å². The molecule has 116 valence electrons. The Labute approximate surface area is 130 Å². The van der Waals surface area contributed by atoms with Crippen molar-refractivity contribution in [3.05, 3.63) is 34.9 Å². The Hall–Kier alpha value is -1.59. The largest absolute Gasteiger partial charge is 0.468 e. The van der Waals surface area contributed by atoms with E-state index in [0.717, 1.165) is 5.56 Å². The zero-order valence-electron chi connectivity index (χ0n) is 12.3. The number of amides is 1. The number of hydrogen-bond donors (Lipinski definition) is 1. The average molecular weight is 313 g/mol. The van der Waals surface area contributed by atoms with Crippen LogP contribution in [0.2, 0.25) is 5.02 Å². The molecule has 1 amide bonds. The Morgan fingerprint density at radius 2 is 2.05 bits per heavy atom. The van der Waals surface area contributed by atoms with Crippen molar-refractivity contribution in [2.75, 3.05) is 20.7 Å². The first-order valence-corrected chi connectivity index (χ1v) is 7.14. The van der Waals surface area contributed by atoms with Gasteiger partial charge in [-0.25, -0.2) is 0 Å². The average Bonchev–Trinajstić information content (AvgIpc) is 2.50. The van der Waals surface area contributed by atoms with Gasteiger partial charge in [0.15, 0.2) is 0 Å². The van der Waals surface area contributed by atoms with E-state index in [1.807, 2.05) is 24.3 Å². The van der Waals surface area contributed by atoms with E-state index < -0.39 is 12.0 Å². The molecule has 1 atom stereocenters. The van der Waals surface area contributed by atoms with Gasteiger partial charge >= 0.3 is 5.97 Å². The lowest BCUT2D eigenvalue weighted by molar-refractivity contribution is -0.142. The van der Waals surface area contributed by atoms with Crippen LogP contribution >= 0.6 is 11.6 Å². The first kappa shape index (κ1) is 17.5. The summed E-state index contributed by atoms with van der Waals surface area (Å²) in [4.78, 5) is 24.7. The molecular weight excluding hydrogens is 292 g/mol. The molecule has 0 heterocycles. The zero-order valence-corrected chi connectivity index (χ0v) is 13.1. The molecule has 0 fully saturated rings. The Kier molecular flexibility index (Phi) is 7.19. The number of halogens is 1. The highest BCUT2D eigenvalue weighted by molar-refractivity contribution is 6.31. The fourth-order valence-corrected chi connectivity index (χ4v) is 2.08. The third-order valence-electron chi connectivity index (χ3n) is 3.27. The van der Waals surface area contributed by atoms with Crippen LogP contribution in [0.5, 0.6) is 0 Å². The van der Waals surface area contributed by atoms with Gasteiger partial charge in [0.05, 0.1) is 7.11 Å². The molecule has 6 heteroatoms. The number of likely N-dealkylation sites (N-methyl/N-ethyl adjacent to an activating group) is 1. The first-order chi connectivity index (χ1) is 9.95. The summed E-state index contributed by atoms with van der Waals surface area (Å²) in [6.45, 7) is 0.566. The smallest absolute Gasteiger partial charge is 0.322 e. The third kappa shape index (κ3) is 5.73. The van der Waals surface area contributed by atoms with Gasteiger partial charge in [-0.2, -0.15) is 0 Å². The molecule has 5 nitrogen and oxygen atoms in total. The number of benzene rings is 1. The van der Waals surface area contributed by atoms with Crippen LogP contribution in [0.1, 0.15) is 18.4 Å². The van der Waals surface area contributed by atoms with Crippen LogP contribution in [0.25, 0.3) is 0 Å². The van der Waals surface area contributed by atoms with Gasteiger partial charge in [-0.15, -0.1) is 0 Å². The molecule has 1 unspecified atom stereocenters. The van der Waals surface area contributed by atoms with E-state index in [-0.39, 0.29) is 18.7 Å². The monoisotopic (exact) mass is 312 g/mol. The minimum absolute atomic E-state index is 0.0543. The van der Waals surface area contributed by atoms with E-state index in [2.05, 4.69) is 4.74 Å². The van der Waals surface area contributed by atoms with E-state index in [0.29, 0.717) is 18.0 Å². The van der Waals surface area contributed by atoms with Crippen molar-refractivity contribution in [2.45, 2.75) is 25.3 Å². The van der Waals surface area contributed by atoms with Gasteiger partial charge in [-0.05, 0) is 24.5 Å². The van der Waals surface area contributed by atoms with Crippen molar-refractivity contribution in [3.8, 4) is 0 Å². The maximum Gasteiger partial charge on any atom is 0.322 e. The molecule has 0 saturated carbocycles. The van der Waals surface area contributed by atoms with Crippen LogP contribution in [0, 0.1) is 0 Å². The maximum atomic E-state index is 11.9. The lowest BCUT2D eigenvalue weighted by Gasteiger charge is -2.18. The number of ether oxygens (including phenoxy) is 1. The van der Waals surface area contributed by atoms with E-state index in [1.165, 1.54) is 7.11 Å². The number of esters is 1. The maximum absolute atomic E-state index is 11.9. The van der Waals surface area contributed by atoms with Gasteiger partial charge in [0, 0.05) is 25.0 Å². The highest BCUT2D eigenvalue weighted by Gasteiger charge is 2.17. The van der Waals surface area contributed by atoms with Crippen molar-refractivity contribution in [3.63, 3.8) is 0 Å². The quantitative estimate of drug-likeness (QED) is 0.777. The highest BCUT2D eigenvalue weighted by atomic mass is 35.5. The van der Waals surface area contributed by atoms with Crippen LogP contribution in [0.15, 0.2) is 24.3 Å². The Morgan fingerprint density at radius 3 is 2.67 bits per heavy atom. The van der Waals surface area contributed by atoms with Gasteiger partial charge in [-0.3, -0.25) is 9.59 Å². The molecule has 0 aliphatic heterocycles. The van der Waals surface area contributed by atoms with Crippen LogP contribution < -0.4 is 5.73 Å². The second-order valence-electron chi connectivity index (χ2n) is 4.83. The predicted molar refractivity (Wildman–Crippen MR) is 82.0 cm³/mol. The van der Waals surface area contributed by atoms with Crippen LogP contribution in [0.4, 0.5) is 0 Å². The van der Waals surface area contributed by atoms with Crippen molar-refractivity contribution >= 4 is 23.5 Å². The van der Waals surface area contributed by atoms with Gasteiger partial charge in [0.25, 0.3) is 0 Å². The fourth-order valence-electron chi connectivity index (χ4n) is 1.85.